The quantitative estimate of drug-likeness (QED) is 0.581. The Bertz CT molecular complexity index is 963. The molecule has 112 valence electrons. The summed E-state index contributed by atoms with van der Waals surface area (Å²) in [6.45, 7) is 0. The fourth-order valence-electron chi connectivity index (χ4n) is 2.56. The third kappa shape index (κ3) is 2.32. The molecule has 0 amide bonds. The number of hydrogen-bond acceptors (Lipinski definition) is 4. The summed E-state index contributed by atoms with van der Waals surface area (Å²) in [6, 6.07) is 19.6. The molecule has 4 rings (SSSR count). The second kappa shape index (κ2) is 5.53. The van der Waals surface area contributed by atoms with Crippen LogP contribution in [0.25, 0.3) is 28.4 Å². The SMILES string of the molecule is COc1ccccc1-c1ccnc2nc(-c3ccccc3)nn12. The first-order chi connectivity index (χ1) is 11.4. The van der Waals surface area contributed by atoms with Gasteiger partial charge in [-0.25, -0.2) is 4.98 Å². The first-order valence-electron chi connectivity index (χ1n) is 7.27. The molecule has 0 bridgehead atoms. The monoisotopic (exact) mass is 302 g/mol. The van der Waals surface area contributed by atoms with Crippen molar-refractivity contribution in [1.82, 2.24) is 19.6 Å². The maximum absolute atomic E-state index is 5.46. The second-order valence-corrected chi connectivity index (χ2v) is 5.04. The molecule has 0 unspecified atom stereocenters. The number of fused-ring (bicyclic) bond motifs is 1. The van der Waals surface area contributed by atoms with Gasteiger partial charge in [0.15, 0.2) is 5.82 Å². The molecule has 0 radical (unpaired) electrons. The highest BCUT2D eigenvalue weighted by molar-refractivity contribution is 5.69. The first-order valence-corrected chi connectivity index (χ1v) is 7.27. The van der Waals surface area contributed by atoms with E-state index in [0.717, 1.165) is 22.6 Å². The Morgan fingerprint density at radius 3 is 2.52 bits per heavy atom. The summed E-state index contributed by atoms with van der Waals surface area (Å²) in [6.07, 6.45) is 1.74. The third-order valence-corrected chi connectivity index (χ3v) is 3.66. The molecule has 0 aliphatic carbocycles. The highest BCUT2D eigenvalue weighted by Gasteiger charge is 2.13. The molecule has 0 saturated heterocycles. The Balaban J connectivity index is 1.93. The van der Waals surface area contributed by atoms with Crippen LogP contribution in [0.4, 0.5) is 0 Å². The number of rotatable bonds is 3. The van der Waals surface area contributed by atoms with E-state index in [9.17, 15) is 0 Å². The lowest BCUT2D eigenvalue weighted by Crippen LogP contribution is -1.97. The Kier molecular flexibility index (Phi) is 3.24. The van der Waals surface area contributed by atoms with E-state index in [0.29, 0.717) is 11.6 Å². The minimum absolute atomic E-state index is 0.562. The molecule has 0 aliphatic rings. The summed E-state index contributed by atoms with van der Waals surface area (Å²) in [5, 5.41) is 4.62. The zero-order valence-corrected chi connectivity index (χ0v) is 12.5. The average Bonchev–Trinajstić information content (AvgIpc) is 3.07. The van der Waals surface area contributed by atoms with Crippen LogP contribution in [-0.4, -0.2) is 26.7 Å². The zero-order chi connectivity index (χ0) is 15.6. The molecule has 0 N–H and O–H groups in total. The van der Waals surface area contributed by atoms with Crippen molar-refractivity contribution in [2.45, 2.75) is 0 Å². The molecule has 0 saturated carbocycles. The van der Waals surface area contributed by atoms with Gasteiger partial charge in [0.2, 0.25) is 0 Å². The highest BCUT2D eigenvalue weighted by Crippen LogP contribution is 2.29. The van der Waals surface area contributed by atoms with Crippen LogP contribution in [0, 0.1) is 0 Å². The Morgan fingerprint density at radius 2 is 1.70 bits per heavy atom. The van der Waals surface area contributed by atoms with Crippen LogP contribution >= 0.6 is 0 Å². The van der Waals surface area contributed by atoms with Crippen LogP contribution in [0.2, 0.25) is 0 Å². The van der Waals surface area contributed by atoms with Crippen molar-refractivity contribution in [2.75, 3.05) is 7.11 Å². The Hall–Kier alpha value is -3.21. The lowest BCUT2D eigenvalue weighted by molar-refractivity contribution is 0.416. The van der Waals surface area contributed by atoms with Gasteiger partial charge in [0.25, 0.3) is 5.78 Å². The predicted octanol–water partition coefficient (Wildman–Crippen LogP) is 3.47. The summed E-state index contributed by atoms with van der Waals surface area (Å²) in [5.74, 6) is 2.00. The van der Waals surface area contributed by atoms with Gasteiger partial charge in [-0.05, 0) is 18.2 Å². The van der Waals surface area contributed by atoms with E-state index >= 15 is 0 Å². The summed E-state index contributed by atoms with van der Waals surface area (Å²) < 4.78 is 7.21. The van der Waals surface area contributed by atoms with Crippen molar-refractivity contribution >= 4 is 5.78 Å². The number of aromatic nitrogens is 4. The summed E-state index contributed by atoms with van der Waals surface area (Å²) in [4.78, 5) is 8.84. The summed E-state index contributed by atoms with van der Waals surface area (Å²) >= 11 is 0. The van der Waals surface area contributed by atoms with Crippen LogP contribution in [0.1, 0.15) is 0 Å². The molecule has 0 fully saturated rings. The van der Waals surface area contributed by atoms with Crippen LogP contribution in [-0.2, 0) is 0 Å². The lowest BCUT2D eigenvalue weighted by Gasteiger charge is -2.08. The maximum atomic E-state index is 5.46. The summed E-state index contributed by atoms with van der Waals surface area (Å²) in [5.41, 5.74) is 2.80. The molecule has 5 heteroatoms. The fraction of sp³-hybridized carbons (Fsp3) is 0.0556. The molecular weight excluding hydrogens is 288 g/mol. The van der Waals surface area contributed by atoms with Gasteiger partial charge in [0.1, 0.15) is 5.75 Å². The normalized spacial score (nSPS) is 10.8. The highest BCUT2D eigenvalue weighted by atomic mass is 16.5. The third-order valence-electron chi connectivity index (χ3n) is 3.66. The first kappa shape index (κ1) is 13.5. The minimum Gasteiger partial charge on any atom is -0.496 e. The van der Waals surface area contributed by atoms with Crippen LogP contribution in [0.15, 0.2) is 66.9 Å². The number of benzene rings is 2. The molecule has 0 atom stereocenters. The lowest BCUT2D eigenvalue weighted by atomic mass is 10.1. The number of methoxy groups -OCH3 is 1. The van der Waals surface area contributed by atoms with Crippen molar-refractivity contribution in [3.63, 3.8) is 0 Å². The standard InChI is InChI=1S/C18H14N4O/c1-23-16-10-6-5-9-14(16)15-11-12-19-18-20-17(21-22(15)18)13-7-3-2-4-8-13/h2-12H,1H3. The zero-order valence-electron chi connectivity index (χ0n) is 12.5. The second-order valence-electron chi connectivity index (χ2n) is 5.04. The number of para-hydroxylation sites is 1. The van der Waals surface area contributed by atoms with E-state index in [1.807, 2.05) is 60.7 Å². The maximum Gasteiger partial charge on any atom is 0.253 e. The van der Waals surface area contributed by atoms with E-state index in [-0.39, 0.29) is 0 Å². The minimum atomic E-state index is 0.562. The molecule has 4 aromatic rings. The van der Waals surface area contributed by atoms with Gasteiger partial charge in [0, 0.05) is 17.3 Å². The average molecular weight is 302 g/mol. The van der Waals surface area contributed by atoms with E-state index in [2.05, 4.69) is 15.1 Å². The van der Waals surface area contributed by atoms with Crippen molar-refractivity contribution in [2.24, 2.45) is 0 Å². The number of hydrogen-bond donors (Lipinski definition) is 0. The van der Waals surface area contributed by atoms with Crippen LogP contribution in [0.3, 0.4) is 0 Å². The number of nitrogens with zero attached hydrogens (tertiary/aromatic N) is 4. The van der Waals surface area contributed by atoms with Crippen LogP contribution in [0.5, 0.6) is 5.75 Å². The molecule has 0 aliphatic heterocycles. The largest absolute Gasteiger partial charge is 0.496 e. The van der Waals surface area contributed by atoms with E-state index in [1.54, 1.807) is 17.8 Å². The molecule has 2 aromatic heterocycles. The van der Waals surface area contributed by atoms with Gasteiger partial charge < -0.3 is 4.74 Å². The van der Waals surface area contributed by atoms with E-state index in [4.69, 9.17) is 4.74 Å². The van der Waals surface area contributed by atoms with Gasteiger partial charge in [-0.1, -0.05) is 42.5 Å². The van der Waals surface area contributed by atoms with Crippen molar-refractivity contribution in [3.8, 4) is 28.4 Å². The van der Waals surface area contributed by atoms with Gasteiger partial charge in [-0.15, -0.1) is 5.10 Å². The fourth-order valence-corrected chi connectivity index (χ4v) is 2.56. The molecule has 2 aromatic carbocycles. The smallest absolute Gasteiger partial charge is 0.253 e. The molecular formula is C18H14N4O. The van der Waals surface area contributed by atoms with Gasteiger partial charge >= 0.3 is 0 Å². The van der Waals surface area contributed by atoms with Crippen molar-refractivity contribution in [1.29, 1.82) is 0 Å². The molecule has 23 heavy (non-hydrogen) atoms. The van der Waals surface area contributed by atoms with Crippen molar-refractivity contribution in [3.05, 3.63) is 66.9 Å². The van der Waals surface area contributed by atoms with Crippen LogP contribution < -0.4 is 4.74 Å². The molecule has 2 heterocycles. The van der Waals surface area contributed by atoms with Crippen molar-refractivity contribution < 1.29 is 4.74 Å². The summed E-state index contributed by atoms with van der Waals surface area (Å²) in [7, 11) is 1.66. The number of ether oxygens (including phenoxy) is 1. The van der Waals surface area contributed by atoms with Gasteiger partial charge in [-0.3, -0.25) is 0 Å². The topological polar surface area (TPSA) is 52.3 Å². The Labute approximate surface area is 133 Å². The molecule has 5 nitrogen and oxygen atoms in total. The van der Waals surface area contributed by atoms with Gasteiger partial charge in [-0.2, -0.15) is 9.50 Å². The van der Waals surface area contributed by atoms with Gasteiger partial charge in [0.05, 0.1) is 12.8 Å². The Morgan fingerprint density at radius 1 is 0.913 bits per heavy atom. The van der Waals surface area contributed by atoms with E-state index in [1.165, 1.54) is 0 Å². The molecule has 0 spiro atoms. The van der Waals surface area contributed by atoms with E-state index < -0.39 is 0 Å². The predicted molar refractivity (Wildman–Crippen MR) is 88.2 cm³/mol.